The molecule has 0 saturated carbocycles. The smallest absolute Gasteiger partial charge is 0.138 e. The Morgan fingerprint density at radius 1 is 1.25 bits per heavy atom. The van der Waals surface area contributed by atoms with E-state index in [4.69, 9.17) is 11.6 Å². The lowest BCUT2D eigenvalue weighted by atomic mass is 10.1. The van der Waals surface area contributed by atoms with Crippen LogP contribution >= 0.6 is 0 Å². The number of nitrogens with zero attached hydrogens (tertiary/aromatic N) is 3. The molecule has 3 heterocycles. The van der Waals surface area contributed by atoms with E-state index >= 15 is 0 Å². The maximum absolute atomic E-state index is 5.69. The predicted molar refractivity (Wildman–Crippen MR) is 47.6 cm³/mol. The van der Waals surface area contributed by atoms with E-state index in [9.17, 15) is 0 Å². The minimum atomic E-state index is 0.262. The molecule has 3 saturated heterocycles. The van der Waals surface area contributed by atoms with Crippen LogP contribution in [0.25, 0.3) is 0 Å². The average Bonchev–Trinajstić information content (AvgIpc) is 2.18. The Morgan fingerprint density at radius 3 is 2.33 bits per heavy atom. The van der Waals surface area contributed by atoms with E-state index in [1.54, 1.807) is 0 Å². The van der Waals surface area contributed by atoms with Gasteiger partial charge in [0.25, 0.3) is 0 Å². The van der Waals surface area contributed by atoms with Gasteiger partial charge in [-0.05, 0) is 0 Å². The van der Waals surface area contributed by atoms with E-state index in [1.807, 2.05) is 0 Å². The highest BCUT2D eigenvalue weighted by atomic mass is 15.4. The van der Waals surface area contributed by atoms with Gasteiger partial charge in [0.1, 0.15) is 5.84 Å². The van der Waals surface area contributed by atoms with Crippen molar-refractivity contribution in [2.24, 2.45) is 16.7 Å². The van der Waals surface area contributed by atoms with Crippen LogP contribution in [0.4, 0.5) is 0 Å². The van der Waals surface area contributed by atoms with Crippen LogP contribution in [-0.4, -0.2) is 54.4 Å². The summed E-state index contributed by atoms with van der Waals surface area (Å²) in [5.74, 6) is 5.72. The predicted octanol–water partition coefficient (Wildman–Crippen LogP) is -1.78. The van der Waals surface area contributed by atoms with Crippen molar-refractivity contribution < 1.29 is 0 Å². The molecule has 1 unspecified atom stereocenters. The van der Waals surface area contributed by atoms with Crippen LogP contribution < -0.4 is 11.6 Å². The molecule has 0 aromatic carbocycles. The average molecular weight is 169 g/mol. The highest BCUT2D eigenvalue weighted by molar-refractivity contribution is 5.86. The van der Waals surface area contributed by atoms with E-state index in [0.29, 0.717) is 5.84 Å². The van der Waals surface area contributed by atoms with Crippen molar-refractivity contribution >= 4 is 5.84 Å². The zero-order valence-electron chi connectivity index (χ0n) is 7.11. The lowest BCUT2D eigenvalue weighted by Gasteiger charge is -2.46. The fourth-order valence-corrected chi connectivity index (χ4v) is 1.98. The van der Waals surface area contributed by atoms with Gasteiger partial charge >= 0.3 is 0 Å². The largest absolute Gasteiger partial charge is 0.384 e. The lowest BCUT2D eigenvalue weighted by Crippen LogP contribution is -2.64. The molecule has 0 aromatic heterocycles. The maximum Gasteiger partial charge on any atom is 0.138 e. The van der Waals surface area contributed by atoms with Crippen LogP contribution in [0.3, 0.4) is 0 Å². The molecule has 12 heavy (non-hydrogen) atoms. The first-order valence-electron chi connectivity index (χ1n) is 4.31. The zero-order chi connectivity index (χ0) is 8.55. The van der Waals surface area contributed by atoms with Gasteiger partial charge < -0.3 is 11.6 Å². The van der Waals surface area contributed by atoms with Crippen LogP contribution in [0.2, 0.25) is 0 Å². The van der Waals surface area contributed by atoms with Crippen molar-refractivity contribution in [1.82, 2.24) is 9.80 Å². The number of rotatable bonds is 1. The maximum atomic E-state index is 5.69. The van der Waals surface area contributed by atoms with Crippen molar-refractivity contribution in [3.63, 3.8) is 0 Å². The highest BCUT2D eigenvalue weighted by Crippen LogP contribution is 2.15. The Kier molecular flexibility index (Phi) is 1.90. The Bertz CT molecular complexity index is 194. The Morgan fingerprint density at radius 2 is 1.92 bits per heavy atom. The SMILES string of the molecule is NN=C(N)C1CN2CCN1CC2. The number of hydrogen-bond donors (Lipinski definition) is 2. The Balaban J connectivity index is 2.08. The second kappa shape index (κ2) is 2.91. The zero-order valence-corrected chi connectivity index (χ0v) is 7.11. The minimum absolute atomic E-state index is 0.262. The first-order valence-corrected chi connectivity index (χ1v) is 4.31. The fraction of sp³-hybridized carbons (Fsp3) is 0.857. The third kappa shape index (κ3) is 1.15. The summed E-state index contributed by atoms with van der Waals surface area (Å²) in [5, 5.41) is 3.56. The van der Waals surface area contributed by atoms with E-state index in [0.717, 1.165) is 32.7 Å². The van der Waals surface area contributed by atoms with Gasteiger partial charge in [-0.15, -0.1) is 0 Å². The summed E-state index contributed by atoms with van der Waals surface area (Å²) in [6, 6.07) is 0.262. The molecule has 3 aliphatic rings. The Labute approximate surface area is 72.0 Å². The fourth-order valence-electron chi connectivity index (χ4n) is 1.98. The van der Waals surface area contributed by atoms with E-state index in [-0.39, 0.29) is 6.04 Å². The van der Waals surface area contributed by atoms with Crippen LogP contribution in [0.15, 0.2) is 5.10 Å². The van der Waals surface area contributed by atoms with Crippen molar-refractivity contribution in [3.8, 4) is 0 Å². The number of hydrogen-bond acceptors (Lipinski definition) is 4. The molecule has 5 nitrogen and oxygen atoms in total. The second-order valence-corrected chi connectivity index (χ2v) is 3.41. The second-order valence-electron chi connectivity index (χ2n) is 3.41. The number of nitrogens with two attached hydrogens (primary N) is 2. The van der Waals surface area contributed by atoms with Crippen molar-refractivity contribution in [2.75, 3.05) is 32.7 Å². The summed E-state index contributed by atoms with van der Waals surface area (Å²) in [6.07, 6.45) is 0. The molecule has 68 valence electrons. The summed E-state index contributed by atoms with van der Waals surface area (Å²) in [5.41, 5.74) is 5.69. The molecular weight excluding hydrogens is 154 g/mol. The molecule has 0 radical (unpaired) electrons. The minimum Gasteiger partial charge on any atom is -0.384 e. The summed E-state index contributed by atoms with van der Waals surface area (Å²) < 4.78 is 0. The molecule has 3 rings (SSSR count). The molecule has 3 aliphatic heterocycles. The van der Waals surface area contributed by atoms with Crippen molar-refractivity contribution in [1.29, 1.82) is 0 Å². The van der Waals surface area contributed by atoms with Crippen LogP contribution in [0, 0.1) is 0 Å². The molecule has 4 N–H and O–H groups in total. The molecule has 3 fully saturated rings. The summed E-state index contributed by atoms with van der Waals surface area (Å²) in [6.45, 7) is 5.51. The molecule has 5 heteroatoms. The van der Waals surface area contributed by atoms with Gasteiger partial charge in [-0.3, -0.25) is 9.80 Å². The van der Waals surface area contributed by atoms with Gasteiger partial charge in [0.2, 0.25) is 0 Å². The molecule has 2 bridgehead atoms. The van der Waals surface area contributed by atoms with E-state index in [2.05, 4.69) is 14.9 Å². The Hall–Kier alpha value is -0.810. The first kappa shape index (κ1) is 7.82. The third-order valence-corrected chi connectivity index (χ3v) is 2.77. The van der Waals surface area contributed by atoms with Gasteiger partial charge in [0.15, 0.2) is 0 Å². The number of amidine groups is 1. The molecule has 0 amide bonds. The quantitative estimate of drug-likeness (QED) is 0.211. The third-order valence-electron chi connectivity index (χ3n) is 2.77. The molecule has 0 spiro atoms. The normalized spacial score (nSPS) is 41.7. The first-order chi connectivity index (χ1) is 5.81. The summed E-state index contributed by atoms with van der Waals surface area (Å²) in [4.78, 5) is 4.76. The molecular formula is C7H15N5. The van der Waals surface area contributed by atoms with Gasteiger partial charge in [-0.1, -0.05) is 0 Å². The van der Waals surface area contributed by atoms with E-state index < -0.39 is 0 Å². The standard InChI is InChI=1S/C7H15N5/c8-7(10-9)6-5-11-1-3-12(6)4-2-11/h6H,1-5,9H2,(H2,8,10). The molecule has 0 aromatic rings. The summed E-state index contributed by atoms with van der Waals surface area (Å²) >= 11 is 0. The molecule has 1 atom stereocenters. The number of hydrazone groups is 1. The van der Waals surface area contributed by atoms with Crippen LogP contribution in [-0.2, 0) is 0 Å². The topological polar surface area (TPSA) is 70.9 Å². The molecule has 0 aliphatic carbocycles. The van der Waals surface area contributed by atoms with Gasteiger partial charge in [0, 0.05) is 32.7 Å². The van der Waals surface area contributed by atoms with Crippen molar-refractivity contribution in [2.45, 2.75) is 6.04 Å². The van der Waals surface area contributed by atoms with E-state index in [1.165, 1.54) is 0 Å². The van der Waals surface area contributed by atoms with Crippen LogP contribution in [0.1, 0.15) is 0 Å². The van der Waals surface area contributed by atoms with Crippen molar-refractivity contribution in [3.05, 3.63) is 0 Å². The highest BCUT2D eigenvalue weighted by Gasteiger charge is 2.33. The van der Waals surface area contributed by atoms with Gasteiger partial charge in [0.05, 0.1) is 6.04 Å². The van der Waals surface area contributed by atoms with Gasteiger partial charge in [-0.2, -0.15) is 5.10 Å². The number of fused-ring (bicyclic) bond motifs is 3. The van der Waals surface area contributed by atoms with Gasteiger partial charge in [-0.25, -0.2) is 0 Å². The summed E-state index contributed by atoms with van der Waals surface area (Å²) in [7, 11) is 0. The van der Waals surface area contributed by atoms with Crippen LogP contribution in [0.5, 0.6) is 0 Å². The number of piperazine rings is 3. The monoisotopic (exact) mass is 169 g/mol. The lowest BCUT2D eigenvalue weighted by molar-refractivity contribution is 0.0403.